The van der Waals surface area contributed by atoms with Gasteiger partial charge in [-0.1, -0.05) is 48.3 Å². The molecule has 0 saturated carbocycles. The Morgan fingerprint density at radius 3 is 2.62 bits per heavy atom. The lowest BCUT2D eigenvalue weighted by Gasteiger charge is -2.13. The molecule has 2 rings (SSSR count). The first-order valence-electron chi connectivity index (χ1n) is 6.73. The van der Waals surface area contributed by atoms with E-state index >= 15 is 0 Å². The van der Waals surface area contributed by atoms with E-state index in [-0.39, 0.29) is 0 Å². The Balaban J connectivity index is 2.21. The van der Waals surface area contributed by atoms with Crippen LogP contribution in [0.4, 0.5) is 0 Å². The van der Waals surface area contributed by atoms with Crippen molar-refractivity contribution in [1.82, 2.24) is 5.32 Å². The zero-order valence-corrected chi connectivity index (χ0v) is 14.7. The summed E-state index contributed by atoms with van der Waals surface area (Å²) in [5.41, 5.74) is 1.08. The lowest BCUT2D eigenvalue weighted by Crippen LogP contribution is -2.14. The fraction of sp³-hybridized carbons (Fsp3) is 0.250. The highest BCUT2D eigenvalue weighted by molar-refractivity contribution is 9.10. The lowest BCUT2D eigenvalue weighted by atomic mass is 10.2. The largest absolute Gasteiger partial charge is 0.455 e. The molecule has 5 heteroatoms. The van der Waals surface area contributed by atoms with Gasteiger partial charge in [0, 0.05) is 22.6 Å². The van der Waals surface area contributed by atoms with Crippen molar-refractivity contribution in [2.45, 2.75) is 19.9 Å². The van der Waals surface area contributed by atoms with Crippen LogP contribution in [0.2, 0.25) is 10.0 Å². The van der Waals surface area contributed by atoms with E-state index < -0.39 is 0 Å². The van der Waals surface area contributed by atoms with Crippen molar-refractivity contribution in [3.05, 3.63) is 56.5 Å². The molecule has 2 aromatic rings. The predicted octanol–water partition coefficient (Wildman–Crippen LogP) is 6.05. The summed E-state index contributed by atoms with van der Waals surface area (Å²) in [6, 6.07) is 11.3. The van der Waals surface area contributed by atoms with Gasteiger partial charge in [-0.3, -0.25) is 0 Å². The van der Waals surface area contributed by atoms with Crippen LogP contribution in [0.1, 0.15) is 18.9 Å². The Morgan fingerprint density at radius 2 is 1.86 bits per heavy atom. The van der Waals surface area contributed by atoms with Gasteiger partial charge in [0.2, 0.25) is 0 Å². The van der Waals surface area contributed by atoms with Crippen LogP contribution in [0.5, 0.6) is 11.5 Å². The molecule has 1 N–H and O–H groups in total. The zero-order chi connectivity index (χ0) is 15.2. The van der Waals surface area contributed by atoms with Crippen molar-refractivity contribution < 1.29 is 4.74 Å². The van der Waals surface area contributed by atoms with Gasteiger partial charge in [-0.2, -0.15) is 0 Å². The number of hydrogen-bond acceptors (Lipinski definition) is 2. The minimum Gasteiger partial charge on any atom is -0.455 e. The van der Waals surface area contributed by atoms with Gasteiger partial charge in [0.05, 0.1) is 10.0 Å². The minimum atomic E-state index is 0.516. The highest BCUT2D eigenvalue weighted by Crippen LogP contribution is 2.37. The van der Waals surface area contributed by atoms with Crippen LogP contribution in [0.25, 0.3) is 0 Å². The quantitative estimate of drug-likeness (QED) is 0.480. The Labute approximate surface area is 143 Å². The normalized spacial score (nSPS) is 10.7. The van der Waals surface area contributed by atoms with Gasteiger partial charge in [-0.25, -0.2) is 0 Å². The van der Waals surface area contributed by atoms with Crippen LogP contribution >= 0.6 is 39.1 Å². The molecule has 21 heavy (non-hydrogen) atoms. The molecule has 0 aromatic heterocycles. The molecular weight excluding hydrogens is 373 g/mol. The highest BCUT2D eigenvalue weighted by Gasteiger charge is 2.10. The van der Waals surface area contributed by atoms with E-state index in [0.29, 0.717) is 15.8 Å². The topological polar surface area (TPSA) is 21.3 Å². The van der Waals surface area contributed by atoms with Gasteiger partial charge in [-0.05, 0) is 41.0 Å². The molecule has 2 nitrogen and oxygen atoms in total. The van der Waals surface area contributed by atoms with E-state index in [1.807, 2.05) is 24.3 Å². The Hall–Kier alpha value is -0.740. The second-order valence-electron chi connectivity index (χ2n) is 4.58. The van der Waals surface area contributed by atoms with Crippen molar-refractivity contribution in [3.8, 4) is 11.5 Å². The molecule has 0 saturated heterocycles. The molecule has 0 aliphatic rings. The lowest BCUT2D eigenvalue weighted by molar-refractivity contribution is 0.473. The van der Waals surface area contributed by atoms with Gasteiger partial charge in [0.1, 0.15) is 11.5 Å². The van der Waals surface area contributed by atoms with Crippen LogP contribution in [-0.4, -0.2) is 6.54 Å². The first-order chi connectivity index (χ1) is 10.1. The van der Waals surface area contributed by atoms with Gasteiger partial charge in [-0.15, -0.1) is 0 Å². The van der Waals surface area contributed by atoms with Crippen LogP contribution in [0, 0.1) is 0 Å². The van der Waals surface area contributed by atoms with E-state index in [0.717, 1.165) is 35.3 Å². The summed E-state index contributed by atoms with van der Waals surface area (Å²) in [6.45, 7) is 3.87. The minimum absolute atomic E-state index is 0.516. The molecule has 0 radical (unpaired) electrons. The molecule has 0 aliphatic carbocycles. The summed E-state index contributed by atoms with van der Waals surface area (Å²) in [4.78, 5) is 0. The summed E-state index contributed by atoms with van der Waals surface area (Å²) < 4.78 is 6.68. The third-order valence-corrected chi connectivity index (χ3v) is 4.40. The molecule has 0 unspecified atom stereocenters. The van der Waals surface area contributed by atoms with Crippen LogP contribution < -0.4 is 10.1 Å². The van der Waals surface area contributed by atoms with E-state index in [2.05, 4.69) is 28.2 Å². The standard InChI is InChI=1S/C16H16BrCl2NO/c1-2-7-20-10-11-5-3-4-6-15(11)21-16-9-13(18)12(17)8-14(16)19/h3-6,8-9,20H,2,7,10H2,1H3. The van der Waals surface area contributed by atoms with E-state index in [9.17, 15) is 0 Å². The van der Waals surface area contributed by atoms with E-state index in [1.54, 1.807) is 12.1 Å². The number of para-hydroxylation sites is 1. The van der Waals surface area contributed by atoms with Crippen LogP contribution in [0.15, 0.2) is 40.9 Å². The molecule has 0 bridgehead atoms. The number of halogens is 3. The Morgan fingerprint density at radius 1 is 1.10 bits per heavy atom. The van der Waals surface area contributed by atoms with Crippen molar-refractivity contribution in [2.75, 3.05) is 6.54 Å². The third-order valence-electron chi connectivity index (χ3n) is 2.91. The first-order valence-corrected chi connectivity index (χ1v) is 8.27. The Bertz CT molecular complexity index is 619. The van der Waals surface area contributed by atoms with Crippen molar-refractivity contribution in [1.29, 1.82) is 0 Å². The maximum Gasteiger partial charge on any atom is 0.147 e. The van der Waals surface area contributed by atoms with Crippen molar-refractivity contribution >= 4 is 39.1 Å². The maximum absolute atomic E-state index is 6.20. The molecule has 0 atom stereocenters. The molecule has 0 aliphatic heterocycles. The first kappa shape index (κ1) is 16.6. The number of hydrogen-bond donors (Lipinski definition) is 1. The zero-order valence-electron chi connectivity index (χ0n) is 11.6. The number of nitrogens with one attached hydrogen (secondary N) is 1. The van der Waals surface area contributed by atoms with Gasteiger partial charge >= 0.3 is 0 Å². The van der Waals surface area contributed by atoms with E-state index in [4.69, 9.17) is 27.9 Å². The Kier molecular flexibility index (Phi) is 6.37. The SMILES string of the molecule is CCCNCc1ccccc1Oc1cc(Cl)c(Br)cc1Cl. The number of ether oxygens (including phenoxy) is 1. The average molecular weight is 389 g/mol. The fourth-order valence-corrected chi connectivity index (χ4v) is 2.68. The van der Waals surface area contributed by atoms with Crippen molar-refractivity contribution in [3.63, 3.8) is 0 Å². The summed E-state index contributed by atoms with van der Waals surface area (Å²) in [5, 5.41) is 4.45. The van der Waals surface area contributed by atoms with Crippen LogP contribution in [-0.2, 0) is 6.54 Å². The van der Waals surface area contributed by atoms with E-state index in [1.165, 1.54) is 0 Å². The predicted molar refractivity (Wildman–Crippen MR) is 92.7 cm³/mol. The van der Waals surface area contributed by atoms with Gasteiger partial charge in [0.25, 0.3) is 0 Å². The second kappa shape index (κ2) is 8.04. The van der Waals surface area contributed by atoms with Crippen LogP contribution in [0.3, 0.4) is 0 Å². The summed E-state index contributed by atoms with van der Waals surface area (Å²) in [7, 11) is 0. The molecule has 0 heterocycles. The molecule has 2 aromatic carbocycles. The number of benzene rings is 2. The molecule has 0 spiro atoms. The molecule has 0 fully saturated rings. The molecule has 0 amide bonds. The molecule has 112 valence electrons. The number of rotatable bonds is 6. The highest BCUT2D eigenvalue weighted by atomic mass is 79.9. The van der Waals surface area contributed by atoms with Gasteiger partial charge in [0.15, 0.2) is 0 Å². The fourth-order valence-electron chi connectivity index (χ4n) is 1.85. The summed E-state index contributed by atoms with van der Waals surface area (Å²) in [6.07, 6.45) is 1.09. The molecular formula is C16H16BrCl2NO. The monoisotopic (exact) mass is 387 g/mol. The second-order valence-corrected chi connectivity index (χ2v) is 6.25. The average Bonchev–Trinajstić information content (AvgIpc) is 2.47. The summed E-state index contributed by atoms with van der Waals surface area (Å²) >= 11 is 15.6. The third kappa shape index (κ3) is 4.62. The smallest absolute Gasteiger partial charge is 0.147 e. The summed E-state index contributed by atoms with van der Waals surface area (Å²) in [5.74, 6) is 1.33. The maximum atomic E-state index is 6.20. The van der Waals surface area contributed by atoms with Crippen molar-refractivity contribution in [2.24, 2.45) is 0 Å². The van der Waals surface area contributed by atoms with Gasteiger partial charge < -0.3 is 10.1 Å².